The van der Waals surface area contributed by atoms with Gasteiger partial charge in [-0.3, -0.25) is 4.79 Å². The molecule has 0 bridgehead atoms. The first kappa shape index (κ1) is 20.9. The van der Waals surface area contributed by atoms with E-state index >= 15 is 0 Å². The van der Waals surface area contributed by atoms with Crippen LogP contribution in [0.15, 0.2) is 18.2 Å². The lowest BCUT2D eigenvalue weighted by molar-refractivity contribution is -0.139. The number of ketones is 1. The zero-order chi connectivity index (χ0) is 20.2. The Kier molecular flexibility index (Phi) is 6.59. The minimum Gasteiger partial charge on any atom is -0.463 e. The number of aryl methyl sites for hydroxylation is 1. The van der Waals surface area contributed by atoms with Gasteiger partial charge in [-0.1, -0.05) is 0 Å². The molecular weight excluding hydrogens is 374 g/mol. The van der Waals surface area contributed by atoms with E-state index in [0.717, 1.165) is 17.8 Å². The number of hydrogen-bond acceptors (Lipinski definition) is 7. The summed E-state index contributed by atoms with van der Waals surface area (Å²) in [5.74, 6) is -1.69. The normalized spacial score (nSPS) is 18.6. The first-order valence-corrected chi connectivity index (χ1v) is 10.4. The molecule has 0 amide bonds. The van der Waals surface area contributed by atoms with Crippen LogP contribution in [-0.4, -0.2) is 55.4 Å². The molecule has 0 unspecified atom stereocenters. The fourth-order valence-electron chi connectivity index (χ4n) is 3.19. The summed E-state index contributed by atoms with van der Waals surface area (Å²) >= 11 is 0. The molecule has 9 heteroatoms. The van der Waals surface area contributed by atoms with Gasteiger partial charge in [-0.2, -0.15) is 0 Å². The fraction of sp³-hybridized carbons (Fsp3) is 0.500. The van der Waals surface area contributed by atoms with Crippen molar-refractivity contribution in [1.82, 2.24) is 4.57 Å². The van der Waals surface area contributed by atoms with Crippen molar-refractivity contribution >= 4 is 27.6 Å². The first-order valence-electron chi connectivity index (χ1n) is 8.58. The molecule has 2 rings (SSSR count). The smallest absolute Gasteiger partial charge is 0.331 e. The maximum absolute atomic E-state index is 12.4. The van der Waals surface area contributed by atoms with Crippen LogP contribution in [-0.2, 0) is 28.9 Å². The predicted molar refractivity (Wildman–Crippen MR) is 97.3 cm³/mol. The second-order valence-electron chi connectivity index (χ2n) is 6.33. The maximum atomic E-state index is 12.4. The molecular formula is C18H23NO7S. The van der Waals surface area contributed by atoms with Crippen molar-refractivity contribution < 1.29 is 32.3 Å². The number of ether oxygens (including phenoxy) is 2. The van der Waals surface area contributed by atoms with E-state index in [9.17, 15) is 22.8 Å². The van der Waals surface area contributed by atoms with Gasteiger partial charge in [-0.25, -0.2) is 18.0 Å². The molecule has 1 aliphatic heterocycles. The van der Waals surface area contributed by atoms with Gasteiger partial charge < -0.3 is 14.0 Å². The van der Waals surface area contributed by atoms with Crippen LogP contribution in [0.25, 0.3) is 0 Å². The van der Waals surface area contributed by atoms with Gasteiger partial charge in [-0.15, -0.1) is 0 Å². The lowest BCUT2D eigenvalue weighted by Gasteiger charge is -2.16. The summed E-state index contributed by atoms with van der Waals surface area (Å²) in [5.41, 5.74) is 1.82. The van der Waals surface area contributed by atoms with Crippen LogP contribution >= 0.6 is 0 Å². The molecule has 0 saturated carbocycles. The molecule has 0 spiro atoms. The molecule has 1 aromatic heterocycles. The monoisotopic (exact) mass is 397 g/mol. The van der Waals surface area contributed by atoms with E-state index in [1.807, 2.05) is 11.5 Å². The van der Waals surface area contributed by atoms with Crippen LogP contribution in [0.1, 0.15) is 41.1 Å². The number of aromatic nitrogens is 1. The minimum atomic E-state index is -3.05. The second-order valence-corrected chi connectivity index (χ2v) is 8.56. The zero-order valence-electron chi connectivity index (χ0n) is 15.6. The molecule has 0 aliphatic carbocycles. The summed E-state index contributed by atoms with van der Waals surface area (Å²) in [6.07, 6.45) is 2.35. The van der Waals surface area contributed by atoms with Gasteiger partial charge in [0.25, 0.3) is 0 Å². The van der Waals surface area contributed by atoms with Crippen LogP contribution in [0.4, 0.5) is 0 Å². The molecule has 1 atom stereocenters. The molecule has 1 aromatic rings. The van der Waals surface area contributed by atoms with Gasteiger partial charge in [0.1, 0.15) is 0 Å². The van der Waals surface area contributed by atoms with Gasteiger partial charge in [-0.05, 0) is 33.3 Å². The number of sulfone groups is 1. The van der Waals surface area contributed by atoms with Crippen molar-refractivity contribution in [2.45, 2.75) is 33.2 Å². The van der Waals surface area contributed by atoms with Crippen molar-refractivity contribution in [3.05, 3.63) is 35.2 Å². The van der Waals surface area contributed by atoms with E-state index in [2.05, 4.69) is 4.74 Å². The minimum absolute atomic E-state index is 0.0601. The average molecular weight is 397 g/mol. The molecule has 1 saturated heterocycles. The number of rotatable bonds is 7. The Morgan fingerprint density at radius 2 is 1.81 bits per heavy atom. The Bertz CT molecular complexity index is 880. The van der Waals surface area contributed by atoms with Crippen LogP contribution in [0.2, 0.25) is 0 Å². The van der Waals surface area contributed by atoms with Crippen molar-refractivity contribution in [2.24, 2.45) is 0 Å². The van der Waals surface area contributed by atoms with E-state index in [4.69, 9.17) is 4.74 Å². The first-order chi connectivity index (χ1) is 12.6. The highest BCUT2D eigenvalue weighted by Crippen LogP contribution is 2.29. The standard InChI is InChI=1S/C18H23NO7S/c1-4-25-17(21)5-6-18(22)26-10-16(20)15-9-12(2)19(13(15)3)14-7-8-27(23,24)11-14/h5-6,9,14H,4,7-8,10-11H2,1-3H3/b6-5+/t14-/m0/s1. The van der Waals surface area contributed by atoms with Gasteiger partial charge in [0.15, 0.2) is 16.4 Å². The number of Topliss-reactive ketones (excluding diaryl/α,β-unsaturated/α-hetero) is 1. The second kappa shape index (κ2) is 8.51. The average Bonchev–Trinajstić information content (AvgIpc) is 3.09. The van der Waals surface area contributed by atoms with E-state index in [1.165, 1.54) is 0 Å². The summed E-state index contributed by atoms with van der Waals surface area (Å²) in [4.78, 5) is 35.1. The lowest BCUT2D eigenvalue weighted by Crippen LogP contribution is -2.16. The zero-order valence-corrected chi connectivity index (χ0v) is 16.4. The van der Waals surface area contributed by atoms with E-state index in [1.54, 1.807) is 19.9 Å². The van der Waals surface area contributed by atoms with Crippen molar-refractivity contribution in [2.75, 3.05) is 24.7 Å². The third-order valence-electron chi connectivity index (χ3n) is 4.35. The third kappa shape index (κ3) is 5.29. The van der Waals surface area contributed by atoms with Gasteiger partial charge in [0.05, 0.1) is 18.1 Å². The molecule has 2 heterocycles. The molecule has 0 radical (unpaired) electrons. The SMILES string of the molecule is CCOC(=O)/C=C/C(=O)OCC(=O)c1cc(C)n([C@H]2CCS(=O)(=O)C2)c1C. The highest BCUT2D eigenvalue weighted by Gasteiger charge is 2.31. The molecule has 0 N–H and O–H groups in total. The van der Waals surface area contributed by atoms with Crippen molar-refractivity contribution in [1.29, 1.82) is 0 Å². The van der Waals surface area contributed by atoms with Crippen LogP contribution in [0, 0.1) is 13.8 Å². The predicted octanol–water partition coefficient (Wildman–Crippen LogP) is 1.31. The Balaban J connectivity index is 2.02. The maximum Gasteiger partial charge on any atom is 0.331 e. The highest BCUT2D eigenvalue weighted by molar-refractivity contribution is 7.91. The molecule has 27 heavy (non-hydrogen) atoms. The van der Waals surface area contributed by atoms with Crippen LogP contribution in [0.3, 0.4) is 0 Å². The Hall–Kier alpha value is -2.42. The number of carbonyl (C=O) groups excluding carboxylic acids is 3. The quantitative estimate of drug-likeness (QED) is 0.388. The number of nitrogens with zero attached hydrogens (tertiary/aromatic N) is 1. The molecule has 1 aliphatic rings. The largest absolute Gasteiger partial charge is 0.463 e. The molecule has 8 nitrogen and oxygen atoms in total. The summed E-state index contributed by atoms with van der Waals surface area (Å²) in [5, 5.41) is 0. The van der Waals surface area contributed by atoms with Crippen LogP contribution < -0.4 is 0 Å². The number of hydrogen-bond donors (Lipinski definition) is 0. The van der Waals surface area contributed by atoms with E-state index in [0.29, 0.717) is 17.7 Å². The molecule has 1 fully saturated rings. The van der Waals surface area contributed by atoms with Gasteiger partial charge in [0.2, 0.25) is 5.78 Å². The van der Waals surface area contributed by atoms with Gasteiger partial charge >= 0.3 is 11.9 Å². The summed E-state index contributed by atoms with van der Waals surface area (Å²) < 4.78 is 34.8. The highest BCUT2D eigenvalue weighted by atomic mass is 32.2. The van der Waals surface area contributed by atoms with E-state index in [-0.39, 0.29) is 24.2 Å². The van der Waals surface area contributed by atoms with Crippen molar-refractivity contribution in [3.8, 4) is 0 Å². The van der Waals surface area contributed by atoms with Crippen LogP contribution in [0.5, 0.6) is 0 Å². The summed E-state index contributed by atoms with van der Waals surface area (Å²) in [7, 11) is -3.05. The van der Waals surface area contributed by atoms with Crippen molar-refractivity contribution in [3.63, 3.8) is 0 Å². The van der Waals surface area contributed by atoms with Gasteiger partial charge in [0, 0.05) is 35.1 Å². The molecule has 148 valence electrons. The Morgan fingerprint density at radius 3 is 2.37 bits per heavy atom. The Morgan fingerprint density at radius 1 is 1.19 bits per heavy atom. The Labute approximate surface area is 158 Å². The number of esters is 2. The molecule has 0 aromatic carbocycles. The summed E-state index contributed by atoms with van der Waals surface area (Å²) in [6, 6.07) is 1.48. The fourth-order valence-corrected chi connectivity index (χ4v) is 4.89. The lowest BCUT2D eigenvalue weighted by atomic mass is 10.1. The number of carbonyl (C=O) groups is 3. The topological polar surface area (TPSA) is 109 Å². The summed E-state index contributed by atoms with van der Waals surface area (Å²) in [6.45, 7) is 4.91. The third-order valence-corrected chi connectivity index (χ3v) is 6.10. The van der Waals surface area contributed by atoms with E-state index < -0.39 is 34.2 Å².